The van der Waals surface area contributed by atoms with E-state index in [1.54, 1.807) is 42.2 Å². The second kappa shape index (κ2) is 14.2. The molecule has 0 saturated carbocycles. The Kier molecular flexibility index (Phi) is 10.2. The lowest BCUT2D eigenvalue weighted by molar-refractivity contribution is -0.130. The third-order valence-electron chi connectivity index (χ3n) is 8.32. The molecule has 3 aromatic rings. The van der Waals surface area contributed by atoms with Gasteiger partial charge < -0.3 is 19.7 Å². The second-order valence-electron chi connectivity index (χ2n) is 11.2. The fourth-order valence-electron chi connectivity index (χ4n) is 5.84. The molecule has 2 heterocycles. The number of amides is 3. The predicted octanol–water partition coefficient (Wildman–Crippen LogP) is 5.40. The van der Waals surface area contributed by atoms with Crippen LogP contribution in [0.15, 0.2) is 60.7 Å². The first kappa shape index (κ1) is 31.5. The van der Waals surface area contributed by atoms with Crippen molar-refractivity contribution in [2.75, 3.05) is 56.7 Å². The highest BCUT2D eigenvalue weighted by Gasteiger charge is 2.33. The van der Waals surface area contributed by atoms with Crippen LogP contribution in [0.5, 0.6) is 5.75 Å². The van der Waals surface area contributed by atoms with Crippen molar-refractivity contribution in [1.29, 1.82) is 0 Å². The van der Waals surface area contributed by atoms with E-state index in [1.165, 1.54) is 7.11 Å². The molecule has 1 N–H and O–H groups in total. The molecule has 2 aliphatic heterocycles. The van der Waals surface area contributed by atoms with Crippen LogP contribution >= 0.6 is 11.6 Å². The molecular formula is C34H39ClN4O5. The summed E-state index contributed by atoms with van der Waals surface area (Å²) in [6.45, 7) is 7.64. The third kappa shape index (κ3) is 7.23. The fourth-order valence-corrected chi connectivity index (χ4v) is 6.04. The number of rotatable bonds is 8. The highest BCUT2D eigenvalue weighted by molar-refractivity contribution is 6.30. The Bertz CT molecular complexity index is 1520. The lowest BCUT2D eigenvalue weighted by Crippen LogP contribution is -2.49. The van der Waals surface area contributed by atoms with Crippen molar-refractivity contribution in [2.24, 2.45) is 0 Å². The molecule has 1 saturated heterocycles. The van der Waals surface area contributed by atoms with Gasteiger partial charge in [-0.2, -0.15) is 0 Å². The largest absolute Gasteiger partial charge is 0.496 e. The molecule has 0 bridgehead atoms. The minimum atomic E-state index is -0.492. The molecule has 1 fully saturated rings. The SMILES string of the molecule is COc1cc(NC(=O)c2ccccc2C)ccc1C(=O)N1c2ccc(Cl)cc2CCCC1OCCN1CCN(C(C)=O)CC1. The van der Waals surface area contributed by atoms with Gasteiger partial charge in [-0.25, -0.2) is 0 Å². The van der Waals surface area contributed by atoms with Gasteiger partial charge in [0.2, 0.25) is 5.91 Å². The number of nitrogens with zero attached hydrogens (tertiary/aromatic N) is 3. The average Bonchev–Trinajstić information content (AvgIpc) is 3.19. The number of carbonyl (C=O) groups excluding carboxylic acids is 3. The molecule has 1 atom stereocenters. The van der Waals surface area contributed by atoms with Crippen molar-refractivity contribution < 1.29 is 23.9 Å². The van der Waals surface area contributed by atoms with Crippen LogP contribution in [-0.4, -0.2) is 80.2 Å². The summed E-state index contributed by atoms with van der Waals surface area (Å²) in [7, 11) is 1.51. The summed E-state index contributed by atoms with van der Waals surface area (Å²) in [5, 5.41) is 3.54. The van der Waals surface area contributed by atoms with Crippen LogP contribution in [0.3, 0.4) is 0 Å². The number of carbonyl (C=O) groups is 3. The number of hydrogen-bond donors (Lipinski definition) is 1. The molecule has 0 aromatic heterocycles. The maximum Gasteiger partial charge on any atom is 0.264 e. The molecule has 1 unspecified atom stereocenters. The Hall–Kier alpha value is -3.92. The Balaban J connectivity index is 1.36. The van der Waals surface area contributed by atoms with Crippen molar-refractivity contribution in [3.8, 4) is 5.75 Å². The van der Waals surface area contributed by atoms with E-state index in [2.05, 4.69) is 10.2 Å². The predicted molar refractivity (Wildman–Crippen MR) is 172 cm³/mol. The molecule has 2 aliphatic rings. The van der Waals surface area contributed by atoms with Crippen molar-refractivity contribution in [3.63, 3.8) is 0 Å². The van der Waals surface area contributed by atoms with Gasteiger partial charge in [-0.05, 0) is 73.7 Å². The van der Waals surface area contributed by atoms with Crippen LogP contribution in [0.1, 0.15) is 51.6 Å². The molecule has 0 radical (unpaired) electrons. The number of hydrogen-bond acceptors (Lipinski definition) is 6. The van der Waals surface area contributed by atoms with Gasteiger partial charge in [0, 0.05) is 67.7 Å². The first-order valence-corrected chi connectivity index (χ1v) is 15.4. The molecule has 0 aliphatic carbocycles. The highest BCUT2D eigenvalue weighted by atomic mass is 35.5. The first-order chi connectivity index (χ1) is 21.2. The van der Waals surface area contributed by atoms with Gasteiger partial charge in [0.25, 0.3) is 11.8 Å². The van der Waals surface area contributed by atoms with Gasteiger partial charge in [-0.3, -0.25) is 24.2 Å². The first-order valence-electron chi connectivity index (χ1n) is 15.0. The number of ether oxygens (including phenoxy) is 2. The maximum atomic E-state index is 14.4. The fraction of sp³-hybridized carbons (Fsp3) is 0.382. The minimum absolute atomic E-state index is 0.101. The van der Waals surface area contributed by atoms with Crippen LogP contribution in [-0.2, 0) is 16.0 Å². The molecular weight excluding hydrogens is 580 g/mol. The number of fused-ring (bicyclic) bond motifs is 1. The number of methoxy groups -OCH3 is 1. The van der Waals surface area contributed by atoms with Crippen LogP contribution in [0, 0.1) is 6.92 Å². The summed E-state index contributed by atoms with van der Waals surface area (Å²) in [6, 6.07) is 18.0. The van der Waals surface area contributed by atoms with E-state index in [1.807, 2.05) is 42.2 Å². The monoisotopic (exact) mass is 618 g/mol. The smallest absolute Gasteiger partial charge is 0.264 e. The topological polar surface area (TPSA) is 91.4 Å². The van der Waals surface area contributed by atoms with Crippen molar-refractivity contribution in [2.45, 2.75) is 39.3 Å². The van der Waals surface area contributed by atoms with Crippen molar-refractivity contribution >= 4 is 40.7 Å². The molecule has 44 heavy (non-hydrogen) atoms. The average molecular weight is 619 g/mol. The summed E-state index contributed by atoms with van der Waals surface area (Å²) in [6.07, 6.45) is 1.77. The van der Waals surface area contributed by atoms with Crippen molar-refractivity contribution in [3.05, 3.63) is 87.9 Å². The van der Waals surface area contributed by atoms with Gasteiger partial charge in [-0.15, -0.1) is 0 Å². The molecule has 0 spiro atoms. The van der Waals surface area contributed by atoms with Crippen LogP contribution in [0.25, 0.3) is 0 Å². The quantitative estimate of drug-likeness (QED) is 0.364. The zero-order valence-corrected chi connectivity index (χ0v) is 26.2. The minimum Gasteiger partial charge on any atom is -0.496 e. The lowest BCUT2D eigenvalue weighted by Gasteiger charge is -2.35. The number of anilines is 2. The normalized spacial score (nSPS) is 17.0. The Morgan fingerprint density at radius 2 is 1.75 bits per heavy atom. The number of piperazine rings is 1. The van der Waals surface area contributed by atoms with E-state index >= 15 is 0 Å². The van der Waals surface area contributed by atoms with Crippen LogP contribution in [0.2, 0.25) is 5.02 Å². The van der Waals surface area contributed by atoms with E-state index in [4.69, 9.17) is 21.1 Å². The number of benzene rings is 3. The zero-order chi connectivity index (χ0) is 31.2. The summed E-state index contributed by atoms with van der Waals surface area (Å²) in [4.78, 5) is 44.8. The Morgan fingerprint density at radius 3 is 2.48 bits per heavy atom. The number of aryl methyl sites for hydroxylation is 2. The van der Waals surface area contributed by atoms with Crippen LogP contribution in [0.4, 0.5) is 11.4 Å². The lowest BCUT2D eigenvalue weighted by atomic mass is 10.1. The van der Waals surface area contributed by atoms with E-state index in [-0.39, 0.29) is 17.7 Å². The molecule has 9 nitrogen and oxygen atoms in total. The number of nitrogens with one attached hydrogen (secondary N) is 1. The maximum absolute atomic E-state index is 14.4. The molecule has 10 heteroatoms. The Labute approximate surface area is 263 Å². The zero-order valence-electron chi connectivity index (χ0n) is 25.5. The van der Waals surface area contributed by atoms with Gasteiger partial charge in [0.1, 0.15) is 12.0 Å². The van der Waals surface area contributed by atoms with Crippen LogP contribution < -0.4 is 15.0 Å². The Morgan fingerprint density at radius 1 is 0.977 bits per heavy atom. The van der Waals surface area contributed by atoms with Crippen molar-refractivity contribution in [1.82, 2.24) is 9.80 Å². The highest BCUT2D eigenvalue weighted by Crippen LogP contribution is 2.35. The van der Waals surface area contributed by atoms with E-state index in [0.29, 0.717) is 60.2 Å². The molecule has 3 aromatic carbocycles. The van der Waals surface area contributed by atoms with Gasteiger partial charge in [0.15, 0.2) is 0 Å². The second-order valence-corrected chi connectivity index (χ2v) is 11.6. The molecule has 3 amide bonds. The van der Waals surface area contributed by atoms with Gasteiger partial charge in [0.05, 0.1) is 19.3 Å². The standard InChI is InChI=1S/C34H39ClN4O5/c1-23-7-4-5-9-28(23)33(41)36-27-12-13-29(31(22-27)43-3)34(42)39-30-14-11-26(35)21-25(30)8-6-10-32(39)44-20-19-37-15-17-38(18-16-37)24(2)40/h4-5,7,9,11-14,21-22,32H,6,8,10,15-20H2,1-3H3,(H,36,41). The van der Waals surface area contributed by atoms with E-state index in [9.17, 15) is 14.4 Å². The summed E-state index contributed by atoms with van der Waals surface area (Å²) in [5.74, 6) is -0.0493. The summed E-state index contributed by atoms with van der Waals surface area (Å²) >= 11 is 6.35. The molecule has 5 rings (SSSR count). The third-order valence-corrected chi connectivity index (χ3v) is 8.56. The van der Waals surface area contributed by atoms with Gasteiger partial charge in [-0.1, -0.05) is 29.8 Å². The summed E-state index contributed by atoms with van der Waals surface area (Å²) < 4.78 is 12.1. The molecule has 232 valence electrons. The van der Waals surface area contributed by atoms with E-state index < -0.39 is 6.23 Å². The van der Waals surface area contributed by atoms with E-state index in [0.717, 1.165) is 42.7 Å². The summed E-state index contributed by atoms with van der Waals surface area (Å²) in [5.41, 5.74) is 4.07. The number of halogens is 1. The van der Waals surface area contributed by atoms with Gasteiger partial charge >= 0.3 is 0 Å².